The first kappa shape index (κ1) is 87.6. The number of ether oxygens (including phenoxy) is 7. The second-order valence-electron chi connectivity index (χ2n) is 29.1. The minimum Gasteiger partial charge on any atom is -0.497 e. The SMILES string of the molecule is COc1ccc(Oc2cc(N(C)CCOc3ccc(CC4SC(=O)NC4=O)cc3)ncn2)cc1.Cc1cc(Oc2ccc3nc(COc4ccc(CC5SC(=O)NC5=O)cc4)n(C)c3c2)cc(C)c1N.Cn1c(COc2ccc(CC3SC(=O)NC3=O)cc2)nc2ccccc2c1=O.O=C1NC(=O)C(Cc2ccc3cc(OCc4ccccc4F)ccc3c2)S1. The highest BCUT2D eigenvalue weighted by molar-refractivity contribution is 8.16. The van der Waals surface area contributed by atoms with E-state index in [1.165, 1.54) is 17.0 Å². The molecule has 0 spiro atoms. The number of imidazole rings is 1. The lowest BCUT2D eigenvalue weighted by molar-refractivity contribution is -0.119. The van der Waals surface area contributed by atoms with Crippen LogP contribution in [0.3, 0.4) is 0 Å². The smallest absolute Gasteiger partial charge is 0.286 e. The number of anilines is 2. The summed E-state index contributed by atoms with van der Waals surface area (Å²) in [6.45, 7) is 5.60. The number of methoxy groups -OCH3 is 1. The van der Waals surface area contributed by atoms with Crippen molar-refractivity contribution in [3.63, 3.8) is 0 Å². The van der Waals surface area contributed by atoms with Crippen LogP contribution in [0.2, 0.25) is 0 Å². The van der Waals surface area contributed by atoms with Crippen LogP contribution >= 0.6 is 47.0 Å². The summed E-state index contributed by atoms with van der Waals surface area (Å²) in [5.41, 5.74) is 15.5. The molecule has 0 radical (unpaired) electrons. The lowest BCUT2D eigenvalue weighted by Crippen LogP contribution is -2.25. The van der Waals surface area contributed by atoms with Gasteiger partial charge in [0.25, 0.3) is 26.5 Å². The van der Waals surface area contributed by atoms with Gasteiger partial charge in [-0.25, -0.2) is 24.3 Å². The van der Waals surface area contributed by atoms with Crippen molar-refractivity contribution in [2.75, 3.05) is 37.9 Å². The highest BCUT2D eigenvalue weighted by atomic mass is 32.2. The van der Waals surface area contributed by atoms with E-state index in [0.29, 0.717) is 108 Å². The quantitative estimate of drug-likeness (QED) is 0.0299. The molecule has 28 nitrogen and oxygen atoms in total. The van der Waals surface area contributed by atoms with Crippen molar-refractivity contribution < 1.29 is 75.9 Å². The molecule has 8 amide bonds. The molecule has 33 heteroatoms. The Hall–Kier alpha value is -13.8. The lowest BCUT2D eigenvalue weighted by atomic mass is 10.0. The standard InChI is InChI=1S/C27H26N4O4S.C24H24N4O5S.C21H16FNO3S.C20H17N3O4S/c1-15-10-20(11-16(2)25(15)28)35-19-8-9-21-22(13-19)31(3)24(29-21)14-34-18-6-4-17(5-7-18)12-23-26(32)30-27(33)36-23;1-28(21-14-22(26-15-25-21)33-19-9-7-17(31-2)8-10-19)11-12-32-18-5-3-16(4-6-18)13-20-23(29)27-24(30)34-20;22-18-4-2-1-3-16(18)12-26-17-8-7-14-9-13(5-6-15(14)11-17)10-19-20(24)23-21(25)27-19;1-23-17(21-15-5-3-2-4-14(15)19(23)25)11-27-13-8-6-12(7-9-13)10-16-18(24)22-20(26)28-16/h4-11,13,23H,12,14,28H2,1-3H3,(H,30,32,33);3-10,14-15,20H,11-13H2,1-2H3,(H,27,29,30);1-9,11,19H,10,12H2,(H,23,24,25);2-9,16H,10-11H2,1H3,(H,22,24,26). The molecule has 17 rings (SSSR count). The third-order valence-electron chi connectivity index (χ3n) is 20.3. The Morgan fingerprint density at radius 1 is 0.440 bits per heavy atom. The predicted molar refractivity (Wildman–Crippen MR) is 479 cm³/mol. The number of hydrogen-bond acceptors (Lipinski definition) is 26. The molecule has 4 aliphatic heterocycles. The molecule has 0 bridgehead atoms. The van der Waals surface area contributed by atoms with Crippen LogP contribution in [-0.2, 0) is 78.8 Å². The number of carbonyl (C=O) groups excluding carboxylic acids is 8. The molecule has 638 valence electrons. The molecule has 4 fully saturated rings. The number of imide groups is 4. The van der Waals surface area contributed by atoms with Gasteiger partial charge in [-0.3, -0.25) is 69.0 Å². The van der Waals surface area contributed by atoms with E-state index in [1.54, 1.807) is 62.7 Å². The van der Waals surface area contributed by atoms with Gasteiger partial charge in [0.1, 0.15) is 102 Å². The lowest BCUT2D eigenvalue weighted by Gasteiger charge is -2.18. The molecule has 4 aliphatic rings. The third kappa shape index (κ3) is 23.1. The normalized spacial score (nSPS) is 15.8. The number of rotatable bonds is 27. The summed E-state index contributed by atoms with van der Waals surface area (Å²) in [5.74, 6) is 6.80. The highest BCUT2D eigenvalue weighted by Gasteiger charge is 2.35. The fourth-order valence-electron chi connectivity index (χ4n) is 13.4. The molecule has 6 N–H and O–H groups in total. The number of fused-ring (bicyclic) bond motifs is 3. The van der Waals surface area contributed by atoms with Crippen LogP contribution in [0.1, 0.15) is 50.6 Å². The Balaban J connectivity index is 0.000000136. The molecule has 3 aromatic heterocycles. The fraction of sp³-hybridized carbons (Fsp3) is 0.207. The predicted octanol–water partition coefficient (Wildman–Crippen LogP) is 15.6. The number of nitrogens with zero attached hydrogens (tertiary/aromatic N) is 7. The van der Waals surface area contributed by atoms with Crippen LogP contribution in [0.15, 0.2) is 230 Å². The largest absolute Gasteiger partial charge is 0.497 e. The number of aryl methyl sites for hydroxylation is 3. The van der Waals surface area contributed by atoms with E-state index in [4.69, 9.17) is 43.9 Å². The van der Waals surface area contributed by atoms with E-state index < -0.39 is 5.25 Å². The third-order valence-corrected chi connectivity index (χ3v) is 24.2. The molecule has 7 heterocycles. The zero-order valence-corrected chi connectivity index (χ0v) is 71.6. The topological polar surface area (TPSA) is 357 Å². The minimum atomic E-state index is -0.393. The van der Waals surface area contributed by atoms with Gasteiger partial charge >= 0.3 is 0 Å². The average molecular weight is 1760 g/mol. The van der Waals surface area contributed by atoms with E-state index in [2.05, 4.69) is 36.2 Å². The molecule has 13 aromatic rings. The average Bonchev–Trinajstić information content (AvgIpc) is 1.67. The van der Waals surface area contributed by atoms with Crippen LogP contribution in [0.25, 0.3) is 32.7 Å². The summed E-state index contributed by atoms with van der Waals surface area (Å²) < 4.78 is 57.5. The zero-order chi connectivity index (χ0) is 87.8. The molecular weight excluding hydrogens is 1680 g/mol. The van der Waals surface area contributed by atoms with Gasteiger partial charge in [-0.15, -0.1) is 0 Å². The molecule has 0 aliphatic carbocycles. The van der Waals surface area contributed by atoms with Crippen LogP contribution in [0.5, 0.6) is 51.9 Å². The van der Waals surface area contributed by atoms with E-state index in [1.807, 2.05) is 201 Å². The van der Waals surface area contributed by atoms with Crippen LogP contribution in [0.4, 0.5) is 35.1 Å². The second kappa shape index (κ2) is 40.5. The van der Waals surface area contributed by atoms with Crippen molar-refractivity contribution >= 4 is 136 Å². The van der Waals surface area contributed by atoms with Crippen molar-refractivity contribution in [1.29, 1.82) is 0 Å². The van der Waals surface area contributed by atoms with Gasteiger partial charge < -0.3 is 48.4 Å². The summed E-state index contributed by atoms with van der Waals surface area (Å²) in [5, 5.41) is 9.09. The Bertz CT molecular complexity index is 6270. The number of hydrogen-bond donors (Lipinski definition) is 5. The second-order valence-corrected chi connectivity index (χ2v) is 33.8. The number of nitrogens with one attached hydrogen (secondary N) is 4. The van der Waals surface area contributed by atoms with Crippen LogP contribution in [0, 0.1) is 19.7 Å². The summed E-state index contributed by atoms with van der Waals surface area (Å²) in [6.07, 6.45) is 3.43. The summed E-state index contributed by atoms with van der Waals surface area (Å²) in [6, 6.07) is 66.4. The van der Waals surface area contributed by atoms with Crippen molar-refractivity contribution in [2.45, 2.75) is 80.4 Å². The number of nitrogen functional groups attached to an aromatic ring is 1. The number of para-hydroxylation sites is 1. The number of amides is 8. The van der Waals surface area contributed by atoms with Crippen molar-refractivity contribution in [1.82, 2.24) is 50.3 Å². The van der Waals surface area contributed by atoms with E-state index in [-0.39, 0.29) is 84.9 Å². The molecule has 0 saturated carbocycles. The van der Waals surface area contributed by atoms with Crippen molar-refractivity contribution in [3.05, 3.63) is 291 Å². The van der Waals surface area contributed by atoms with Gasteiger partial charge in [0, 0.05) is 44.5 Å². The molecule has 10 aromatic carbocycles. The molecule has 4 saturated heterocycles. The minimum absolute atomic E-state index is 0.110. The van der Waals surface area contributed by atoms with Gasteiger partial charge in [-0.1, -0.05) is 138 Å². The van der Waals surface area contributed by atoms with Gasteiger partial charge in [0.2, 0.25) is 29.5 Å². The highest BCUT2D eigenvalue weighted by Crippen LogP contribution is 2.34. The number of benzene rings is 10. The first-order valence-electron chi connectivity index (χ1n) is 39.3. The maximum atomic E-state index is 13.7. The summed E-state index contributed by atoms with van der Waals surface area (Å²) in [4.78, 5) is 124. The molecule has 125 heavy (non-hydrogen) atoms. The molecule has 4 atom stereocenters. The number of aromatic nitrogens is 6. The Morgan fingerprint density at radius 3 is 1.44 bits per heavy atom. The number of halogens is 1. The Kier molecular flexibility index (Phi) is 28.4. The van der Waals surface area contributed by atoms with E-state index in [9.17, 15) is 47.5 Å². The zero-order valence-electron chi connectivity index (χ0n) is 68.3. The first-order valence-corrected chi connectivity index (χ1v) is 42.8. The van der Waals surface area contributed by atoms with Crippen LogP contribution < -0.4 is 70.6 Å². The van der Waals surface area contributed by atoms with Gasteiger partial charge in [-0.05, 0) is 199 Å². The van der Waals surface area contributed by atoms with Crippen molar-refractivity contribution in [3.8, 4) is 51.9 Å². The maximum absolute atomic E-state index is 13.7. The Morgan fingerprint density at radius 2 is 0.896 bits per heavy atom. The molecule has 4 unspecified atom stereocenters. The van der Waals surface area contributed by atoms with E-state index in [0.717, 1.165) is 131 Å². The number of nitrogens with two attached hydrogens (primary N) is 1. The van der Waals surface area contributed by atoms with Gasteiger partial charge in [-0.2, -0.15) is 0 Å². The maximum Gasteiger partial charge on any atom is 0.286 e. The van der Waals surface area contributed by atoms with Crippen LogP contribution in [-0.4, -0.2) is 122 Å². The number of likely N-dealkylation sites (N-methyl/N-ethyl adjacent to an activating group) is 1. The first-order chi connectivity index (χ1) is 60.3. The van der Waals surface area contributed by atoms with Gasteiger partial charge in [0.05, 0.1) is 56.6 Å². The number of carbonyl (C=O) groups is 8. The van der Waals surface area contributed by atoms with Crippen molar-refractivity contribution in [2.24, 2.45) is 14.1 Å². The van der Waals surface area contributed by atoms with Gasteiger partial charge in [0.15, 0.2) is 0 Å². The summed E-state index contributed by atoms with van der Waals surface area (Å²) >= 11 is 4.10. The monoisotopic (exact) mass is 1760 g/mol. The Labute approximate surface area is 733 Å². The number of thioether (sulfide) groups is 4. The molecular formula is C92H83FN12O16S4. The van der Waals surface area contributed by atoms with E-state index >= 15 is 0 Å². The fourth-order valence-corrected chi connectivity index (χ4v) is 16.8. The summed E-state index contributed by atoms with van der Waals surface area (Å²) in [7, 11) is 7.15.